The molecular formula is C11H22N4O2S. The van der Waals surface area contributed by atoms with Gasteiger partial charge in [0, 0.05) is 19.6 Å². The van der Waals surface area contributed by atoms with Gasteiger partial charge in [0.05, 0.1) is 12.5 Å². The van der Waals surface area contributed by atoms with Gasteiger partial charge in [0.1, 0.15) is 0 Å². The van der Waals surface area contributed by atoms with E-state index >= 15 is 0 Å². The van der Waals surface area contributed by atoms with Crippen molar-refractivity contribution < 1.29 is 8.42 Å². The van der Waals surface area contributed by atoms with E-state index in [4.69, 9.17) is 0 Å². The number of hydrogen-bond acceptors (Lipinski definition) is 4. The van der Waals surface area contributed by atoms with E-state index in [0.29, 0.717) is 19.6 Å². The molecule has 0 amide bonds. The fraction of sp³-hybridized carbons (Fsp3) is 0.727. The molecule has 0 fully saturated rings. The van der Waals surface area contributed by atoms with Gasteiger partial charge in [0.25, 0.3) is 10.0 Å². The third-order valence-corrected chi connectivity index (χ3v) is 4.25. The zero-order valence-corrected chi connectivity index (χ0v) is 12.2. The molecule has 0 saturated carbocycles. The monoisotopic (exact) mass is 274 g/mol. The van der Waals surface area contributed by atoms with Crippen molar-refractivity contribution in [3.8, 4) is 0 Å². The molecule has 6 nitrogen and oxygen atoms in total. The van der Waals surface area contributed by atoms with Crippen LogP contribution in [0.4, 0.5) is 0 Å². The SMILES string of the molecule is CC(C)CN(CCN(C)C)S(=O)(=O)c1cnc[nH]1. The summed E-state index contributed by atoms with van der Waals surface area (Å²) in [6, 6.07) is 0. The van der Waals surface area contributed by atoms with Crippen molar-refractivity contribution in [1.29, 1.82) is 0 Å². The maximum absolute atomic E-state index is 12.4. The molecule has 0 aliphatic heterocycles. The van der Waals surface area contributed by atoms with E-state index in [9.17, 15) is 8.42 Å². The maximum atomic E-state index is 12.4. The highest BCUT2D eigenvalue weighted by atomic mass is 32.2. The summed E-state index contributed by atoms with van der Waals surface area (Å²) in [5, 5.41) is 0.155. The van der Waals surface area contributed by atoms with Gasteiger partial charge in [-0.15, -0.1) is 0 Å². The molecule has 1 rings (SSSR count). The molecule has 0 aromatic carbocycles. The van der Waals surface area contributed by atoms with E-state index < -0.39 is 10.0 Å². The summed E-state index contributed by atoms with van der Waals surface area (Å²) in [5.41, 5.74) is 0. The first-order valence-corrected chi connectivity index (χ1v) is 7.41. The largest absolute Gasteiger partial charge is 0.335 e. The van der Waals surface area contributed by atoms with Gasteiger partial charge in [-0.25, -0.2) is 13.4 Å². The Hall–Kier alpha value is -0.920. The minimum Gasteiger partial charge on any atom is -0.335 e. The first-order valence-electron chi connectivity index (χ1n) is 5.97. The van der Waals surface area contributed by atoms with Crippen molar-refractivity contribution in [2.75, 3.05) is 33.7 Å². The summed E-state index contributed by atoms with van der Waals surface area (Å²) >= 11 is 0. The number of nitrogens with one attached hydrogen (secondary N) is 1. The lowest BCUT2D eigenvalue weighted by Gasteiger charge is -2.24. The fourth-order valence-electron chi connectivity index (χ4n) is 1.55. The molecule has 0 radical (unpaired) electrons. The molecule has 18 heavy (non-hydrogen) atoms. The van der Waals surface area contributed by atoms with E-state index in [1.807, 2.05) is 32.8 Å². The number of likely N-dealkylation sites (N-methyl/N-ethyl adjacent to an activating group) is 1. The summed E-state index contributed by atoms with van der Waals surface area (Å²) in [5.74, 6) is 0.282. The number of aromatic nitrogens is 2. The standard InChI is InChI=1S/C11H22N4O2S/c1-10(2)8-15(6-5-14(3)4)18(16,17)11-7-12-9-13-11/h7,9-10H,5-6,8H2,1-4H3,(H,12,13). The molecule has 0 spiro atoms. The first kappa shape index (κ1) is 15.1. The van der Waals surface area contributed by atoms with Crippen LogP contribution in [0.25, 0.3) is 0 Å². The molecule has 0 aliphatic rings. The molecule has 0 atom stereocenters. The minimum absolute atomic E-state index is 0.155. The Balaban J connectivity index is 2.88. The molecule has 0 bridgehead atoms. The van der Waals surface area contributed by atoms with Gasteiger partial charge in [-0.05, 0) is 20.0 Å². The summed E-state index contributed by atoms with van der Waals surface area (Å²) in [7, 11) is 0.394. The van der Waals surface area contributed by atoms with Gasteiger partial charge in [-0.3, -0.25) is 0 Å². The van der Waals surface area contributed by atoms with Crippen LogP contribution in [0.15, 0.2) is 17.6 Å². The third-order valence-electron chi connectivity index (χ3n) is 2.46. The van der Waals surface area contributed by atoms with Crippen LogP contribution in [0.3, 0.4) is 0 Å². The second kappa shape index (κ2) is 6.31. The predicted molar refractivity (Wildman–Crippen MR) is 70.7 cm³/mol. The van der Waals surface area contributed by atoms with Crippen molar-refractivity contribution >= 4 is 10.0 Å². The molecule has 1 N–H and O–H groups in total. The zero-order chi connectivity index (χ0) is 13.8. The van der Waals surface area contributed by atoms with Crippen molar-refractivity contribution in [3.63, 3.8) is 0 Å². The highest BCUT2D eigenvalue weighted by Gasteiger charge is 2.26. The van der Waals surface area contributed by atoms with Crippen LogP contribution in [0.2, 0.25) is 0 Å². The lowest BCUT2D eigenvalue weighted by atomic mass is 10.2. The van der Waals surface area contributed by atoms with E-state index in [0.717, 1.165) is 0 Å². The lowest BCUT2D eigenvalue weighted by Crippen LogP contribution is -2.39. The average Bonchev–Trinajstić information content (AvgIpc) is 2.76. The van der Waals surface area contributed by atoms with Crippen LogP contribution in [0.1, 0.15) is 13.8 Å². The number of H-pyrrole nitrogens is 1. The summed E-state index contributed by atoms with van der Waals surface area (Å²) in [6.45, 7) is 5.69. The molecule has 7 heteroatoms. The van der Waals surface area contributed by atoms with Gasteiger partial charge < -0.3 is 9.88 Å². The maximum Gasteiger partial charge on any atom is 0.260 e. The summed E-state index contributed by atoms with van der Waals surface area (Å²) < 4.78 is 26.3. The highest BCUT2D eigenvalue weighted by Crippen LogP contribution is 2.13. The van der Waals surface area contributed by atoms with Crippen LogP contribution in [-0.4, -0.2) is 61.3 Å². The summed E-state index contributed by atoms with van der Waals surface area (Å²) in [4.78, 5) is 8.41. The second-order valence-electron chi connectivity index (χ2n) is 4.98. The Morgan fingerprint density at radius 2 is 2.00 bits per heavy atom. The van der Waals surface area contributed by atoms with E-state index in [1.165, 1.54) is 16.8 Å². The van der Waals surface area contributed by atoms with Crippen LogP contribution in [-0.2, 0) is 10.0 Å². The van der Waals surface area contributed by atoms with E-state index in [1.54, 1.807) is 0 Å². The van der Waals surface area contributed by atoms with Crippen molar-refractivity contribution in [2.45, 2.75) is 18.9 Å². The number of nitrogens with zero attached hydrogens (tertiary/aromatic N) is 3. The van der Waals surface area contributed by atoms with Gasteiger partial charge in [0.15, 0.2) is 5.03 Å². The molecule has 1 heterocycles. The molecule has 0 aliphatic carbocycles. The average molecular weight is 274 g/mol. The Morgan fingerprint density at radius 3 is 2.44 bits per heavy atom. The van der Waals surface area contributed by atoms with Gasteiger partial charge >= 0.3 is 0 Å². The molecule has 0 unspecified atom stereocenters. The van der Waals surface area contributed by atoms with E-state index in [-0.39, 0.29) is 10.9 Å². The molecular weight excluding hydrogens is 252 g/mol. The lowest BCUT2D eigenvalue weighted by molar-refractivity contribution is 0.312. The Bertz CT molecular complexity index is 440. The first-order chi connectivity index (χ1) is 8.34. The number of sulfonamides is 1. The topological polar surface area (TPSA) is 69.3 Å². The van der Waals surface area contributed by atoms with Crippen molar-refractivity contribution in [3.05, 3.63) is 12.5 Å². The van der Waals surface area contributed by atoms with Gasteiger partial charge in [-0.1, -0.05) is 13.8 Å². The van der Waals surface area contributed by atoms with Crippen LogP contribution in [0, 0.1) is 5.92 Å². The predicted octanol–water partition coefficient (Wildman–Crippen LogP) is 0.618. The molecule has 0 saturated heterocycles. The molecule has 1 aromatic rings. The van der Waals surface area contributed by atoms with Gasteiger partial charge in [0.2, 0.25) is 0 Å². The fourth-order valence-corrected chi connectivity index (χ4v) is 3.04. The zero-order valence-electron chi connectivity index (χ0n) is 11.4. The Morgan fingerprint density at radius 1 is 1.33 bits per heavy atom. The summed E-state index contributed by atoms with van der Waals surface area (Å²) in [6.07, 6.45) is 2.73. The quantitative estimate of drug-likeness (QED) is 0.791. The van der Waals surface area contributed by atoms with Gasteiger partial charge in [-0.2, -0.15) is 4.31 Å². The Kier molecular flexibility index (Phi) is 5.30. The number of rotatable bonds is 7. The van der Waals surface area contributed by atoms with Crippen molar-refractivity contribution in [2.24, 2.45) is 5.92 Å². The van der Waals surface area contributed by atoms with E-state index in [2.05, 4.69) is 9.97 Å². The molecule has 104 valence electrons. The smallest absolute Gasteiger partial charge is 0.260 e. The van der Waals surface area contributed by atoms with Crippen LogP contribution >= 0.6 is 0 Å². The number of hydrogen-bond donors (Lipinski definition) is 1. The van der Waals surface area contributed by atoms with Crippen LogP contribution in [0.5, 0.6) is 0 Å². The normalized spacial score (nSPS) is 12.8. The molecule has 1 aromatic heterocycles. The third kappa shape index (κ3) is 4.08. The second-order valence-corrected chi connectivity index (χ2v) is 6.88. The number of imidazole rings is 1. The Labute approximate surface area is 109 Å². The highest BCUT2D eigenvalue weighted by molar-refractivity contribution is 7.89. The van der Waals surface area contributed by atoms with Crippen LogP contribution < -0.4 is 0 Å². The van der Waals surface area contributed by atoms with Crippen molar-refractivity contribution in [1.82, 2.24) is 19.2 Å². The number of aromatic amines is 1. The minimum atomic E-state index is -3.46.